The van der Waals surface area contributed by atoms with Crippen LogP contribution in [0.25, 0.3) is 22.2 Å². The molecule has 0 aliphatic carbocycles. The Balaban J connectivity index is 2.19. The molecule has 0 saturated carbocycles. The molecule has 0 saturated heterocycles. The summed E-state index contributed by atoms with van der Waals surface area (Å²) in [4.78, 5) is 7.40. The zero-order valence-corrected chi connectivity index (χ0v) is 12.8. The van der Waals surface area contributed by atoms with Gasteiger partial charge in [-0.1, -0.05) is 6.07 Å². The molecular formula is C17H18N2O3. The van der Waals surface area contributed by atoms with Gasteiger partial charge in [0.25, 0.3) is 0 Å². The number of hydrogen-bond donors (Lipinski definition) is 2. The molecule has 0 atom stereocenters. The Morgan fingerprint density at radius 2 is 1.95 bits per heavy atom. The van der Waals surface area contributed by atoms with Gasteiger partial charge in [-0.05, 0) is 42.3 Å². The summed E-state index contributed by atoms with van der Waals surface area (Å²) < 4.78 is 10.9. The maximum atomic E-state index is 9.18. The van der Waals surface area contributed by atoms with E-state index in [0.717, 1.165) is 27.7 Å². The van der Waals surface area contributed by atoms with Crippen LogP contribution in [0.4, 0.5) is 0 Å². The van der Waals surface area contributed by atoms with Crippen molar-refractivity contribution in [2.24, 2.45) is 0 Å². The number of nitrogens with zero attached hydrogens (tertiary/aromatic N) is 1. The molecule has 0 amide bonds. The highest BCUT2D eigenvalue weighted by Gasteiger charge is 2.14. The Morgan fingerprint density at radius 3 is 2.64 bits per heavy atom. The summed E-state index contributed by atoms with van der Waals surface area (Å²) in [6.45, 7) is 1.91. The summed E-state index contributed by atoms with van der Waals surface area (Å²) in [5, 5.41) is 9.18. The maximum absolute atomic E-state index is 9.18. The summed E-state index contributed by atoms with van der Waals surface area (Å²) in [5.74, 6) is 1.97. The molecule has 0 aliphatic heterocycles. The molecule has 0 bridgehead atoms. The minimum atomic E-state index is -0.106. The smallest absolute Gasteiger partial charge is 0.168 e. The molecular weight excluding hydrogens is 280 g/mol. The van der Waals surface area contributed by atoms with E-state index in [1.807, 2.05) is 31.2 Å². The van der Waals surface area contributed by atoms with Gasteiger partial charge in [-0.25, -0.2) is 4.98 Å². The van der Waals surface area contributed by atoms with Gasteiger partial charge in [-0.15, -0.1) is 0 Å². The van der Waals surface area contributed by atoms with Crippen molar-refractivity contribution in [1.82, 2.24) is 9.97 Å². The second kappa shape index (κ2) is 5.69. The van der Waals surface area contributed by atoms with E-state index in [9.17, 15) is 5.11 Å². The summed E-state index contributed by atoms with van der Waals surface area (Å²) >= 11 is 0. The quantitative estimate of drug-likeness (QED) is 0.777. The zero-order chi connectivity index (χ0) is 15.7. The average molecular weight is 298 g/mol. The highest BCUT2D eigenvalue weighted by molar-refractivity contribution is 5.84. The standard InChI is InChI=1S/C17H18N2O3/c1-10-6-12(17(22-3)15(7-10)21-2)11-4-5-13-14(8-11)19-16(9-20)18-13/h4-8,20H,9H2,1-3H3,(H,18,19). The third-order valence-electron chi connectivity index (χ3n) is 3.61. The van der Waals surface area contributed by atoms with Crippen molar-refractivity contribution < 1.29 is 14.6 Å². The third kappa shape index (κ3) is 2.40. The summed E-state index contributed by atoms with van der Waals surface area (Å²) in [6.07, 6.45) is 0. The van der Waals surface area contributed by atoms with Gasteiger partial charge < -0.3 is 19.6 Å². The Bertz CT molecular complexity index is 824. The van der Waals surface area contributed by atoms with Gasteiger partial charge >= 0.3 is 0 Å². The first-order valence-corrected chi connectivity index (χ1v) is 6.98. The van der Waals surface area contributed by atoms with Gasteiger partial charge in [-0.3, -0.25) is 0 Å². The second-order valence-electron chi connectivity index (χ2n) is 5.12. The fraction of sp³-hybridized carbons (Fsp3) is 0.235. The molecule has 0 fully saturated rings. The van der Waals surface area contributed by atoms with E-state index in [1.165, 1.54) is 0 Å². The highest BCUT2D eigenvalue weighted by atomic mass is 16.5. The van der Waals surface area contributed by atoms with Crippen LogP contribution in [0.5, 0.6) is 11.5 Å². The van der Waals surface area contributed by atoms with Crippen molar-refractivity contribution in [3.8, 4) is 22.6 Å². The topological polar surface area (TPSA) is 67.4 Å². The Hall–Kier alpha value is -2.53. The van der Waals surface area contributed by atoms with Crippen molar-refractivity contribution in [3.63, 3.8) is 0 Å². The molecule has 5 heteroatoms. The monoisotopic (exact) mass is 298 g/mol. The van der Waals surface area contributed by atoms with Crippen LogP contribution in [0.15, 0.2) is 30.3 Å². The number of H-pyrrole nitrogens is 1. The van der Waals surface area contributed by atoms with E-state index >= 15 is 0 Å². The molecule has 0 aliphatic rings. The van der Waals surface area contributed by atoms with Crippen LogP contribution in [0.3, 0.4) is 0 Å². The van der Waals surface area contributed by atoms with Crippen LogP contribution in [-0.4, -0.2) is 29.3 Å². The van der Waals surface area contributed by atoms with Crippen molar-refractivity contribution in [2.45, 2.75) is 13.5 Å². The van der Waals surface area contributed by atoms with E-state index in [-0.39, 0.29) is 6.61 Å². The van der Waals surface area contributed by atoms with Gasteiger partial charge in [0.1, 0.15) is 12.4 Å². The fourth-order valence-electron chi connectivity index (χ4n) is 2.62. The SMILES string of the molecule is COc1cc(C)cc(-c2ccc3nc(CO)[nH]c3c2)c1OC. The first-order chi connectivity index (χ1) is 10.7. The van der Waals surface area contributed by atoms with Crippen molar-refractivity contribution in [3.05, 3.63) is 41.7 Å². The molecule has 2 N–H and O–H groups in total. The first kappa shape index (κ1) is 14.4. The lowest BCUT2D eigenvalue weighted by atomic mass is 10.0. The van der Waals surface area contributed by atoms with Crippen LogP contribution >= 0.6 is 0 Å². The van der Waals surface area contributed by atoms with Crippen LogP contribution < -0.4 is 9.47 Å². The molecule has 0 unspecified atom stereocenters. The number of aromatic nitrogens is 2. The Kier molecular flexibility index (Phi) is 3.73. The van der Waals surface area contributed by atoms with Crippen molar-refractivity contribution >= 4 is 11.0 Å². The van der Waals surface area contributed by atoms with Gasteiger partial charge in [0.05, 0.1) is 25.3 Å². The Morgan fingerprint density at radius 1 is 1.14 bits per heavy atom. The summed E-state index contributed by atoms with van der Waals surface area (Å²) in [5.41, 5.74) is 4.75. The molecule has 0 spiro atoms. The number of fused-ring (bicyclic) bond motifs is 1. The normalized spacial score (nSPS) is 10.9. The third-order valence-corrected chi connectivity index (χ3v) is 3.61. The lowest BCUT2D eigenvalue weighted by Gasteiger charge is -2.14. The van der Waals surface area contributed by atoms with E-state index in [4.69, 9.17) is 9.47 Å². The van der Waals surface area contributed by atoms with Gasteiger partial charge in [0, 0.05) is 5.56 Å². The van der Waals surface area contributed by atoms with Gasteiger partial charge in [-0.2, -0.15) is 0 Å². The van der Waals surface area contributed by atoms with Gasteiger partial charge in [0.15, 0.2) is 11.5 Å². The van der Waals surface area contributed by atoms with Crippen LogP contribution in [0.2, 0.25) is 0 Å². The van der Waals surface area contributed by atoms with Crippen LogP contribution in [0.1, 0.15) is 11.4 Å². The predicted molar refractivity (Wildman–Crippen MR) is 85.3 cm³/mol. The lowest BCUT2D eigenvalue weighted by Crippen LogP contribution is -1.94. The highest BCUT2D eigenvalue weighted by Crippen LogP contribution is 2.39. The number of benzene rings is 2. The number of aliphatic hydroxyl groups is 1. The summed E-state index contributed by atoms with van der Waals surface area (Å²) in [6, 6.07) is 9.92. The first-order valence-electron chi connectivity index (χ1n) is 6.98. The number of aliphatic hydroxyl groups excluding tert-OH is 1. The maximum Gasteiger partial charge on any atom is 0.168 e. The molecule has 3 aromatic rings. The molecule has 3 rings (SSSR count). The number of hydrogen-bond acceptors (Lipinski definition) is 4. The molecule has 2 aromatic carbocycles. The van der Waals surface area contributed by atoms with E-state index in [1.54, 1.807) is 14.2 Å². The fourth-order valence-corrected chi connectivity index (χ4v) is 2.62. The predicted octanol–water partition coefficient (Wildman–Crippen LogP) is 3.05. The molecule has 1 aromatic heterocycles. The summed E-state index contributed by atoms with van der Waals surface area (Å²) in [7, 11) is 3.27. The molecule has 1 heterocycles. The van der Waals surface area contributed by atoms with E-state index < -0.39 is 0 Å². The number of ether oxygens (including phenoxy) is 2. The molecule has 114 valence electrons. The van der Waals surface area contributed by atoms with E-state index in [2.05, 4.69) is 16.0 Å². The van der Waals surface area contributed by atoms with Crippen LogP contribution in [0, 0.1) is 6.92 Å². The average Bonchev–Trinajstić information content (AvgIpc) is 2.96. The number of methoxy groups -OCH3 is 2. The number of rotatable bonds is 4. The van der Waals surface area contributed by atoms with E-state index in [0.29, 0.717) is 17.3 Å². The minimum Gasteiger partial charge on any atom is -0.493 e. The minimum absolute atomic E-state index is 0.106. The van der Waals surface area contributed by atoms with Gasteiger partial charge in [0.2, 0.25) is 0 Å². The Labute approximate surface area is 128 Å². The number of aromatic amines is 1. The largest absolute Gasteiger partial charge is 0.493 e. The number of imidazole rings is 1. The molecule has 5 nitrogen and oxygen atoms in total. The molecule has 0 radical (unpaired) electrons. The van der Waals surface area contributed by atoms with Crippen molar-refractivity contribution in [1.29, 1.82) is 0 Å². The number of aryl methyl sites for hydroxylation is 1. The second-order valence-corrected chi connectivity index (χ2v) is 5.12. The zero-order valence-electron chi connectivity index (χ0n) is 12.8. The molecule has 22 heavy (non-hydrogen) atoms. The van der Waals surface area contributed by atoms with Crippen LogP contribution in [-0.2, 0) is 6.61 Å². The van der Waals surface area contributed by atoms with Crippen molar-refractivity contribution in [2.75, 3.05) is 14.2 Å². The lowest BCUT2D eigenvalue weighted by molar-refractivity contribution is 0.273. The number of nitrogens with one attached hydrogen (secondary N) is 1.